The van der Waals surface area contributed by atoms with E-state index in [-0.39, 0.29) is 12.3 Å². The fourth-order valence-corrected chi connectivity index (χ4v) is 4.94. The molecule has 2 aromatic heterocycles. The van der Waals surface area contributed by atoms with Gasteiger partial charge in [0.1, 0.15) is 0 Å². The summed E-state index contributed by atoms with van der Waals surface area (Å²) in [5.74, 6) is 1.50. The number of aryl methyl sites for hydroxylation is 3. The van der Waals surface area contributed by atoms with Crippen molar-refractivity contribution in [3.63, 3.8) is 0 Å². The number of rotatable bonds is 8. The highest BCUT2D eigenvalue weighted by molar-refractivity contribution is 8.00. The van der Waals surface area contributed by atoms with E-state index >= 15 is 0 Å². The molecule has 32 heavy (non-hydrogen) atoms. The van der Waals surface area contributed by atoms with E-state index in [9.17, 15) is 4.79 Å². The van der Waals surface area contributed by atoms with Gasteiger partial charge in [0.05, 0.1) is 11.4 Å². The van der Waals surface area contributed by atoms with E-state index in [2.05, 4.69) is 20.4 Å². The molecule has 0 aliphatic heterocycles. The van der Waals surface area contributed by atoms with Gasteiger partial charge in [-0.3, -0.25) is 4.79 Å². The van der Waals surface area contributed by atoms with Crippen LogP contribution in [0.1, 0.15) is 29.3 Å². The van der Waals surface area contributed by atoms with E-state index in [4.69, 9.17) is 16.1 Å². The predicted octanol–water partition coefficient (Wildman–Crippen LogP) is 6.33. The Kier molecular flexibility index (Phi) is 7.24. The summed E-state index contributed by atoms with van der Waals surface area (Å²) in [6, 6.07) is 13.6. The third-order valence-electron chi connectivity index (χ3n) is 4.66. The molecule has 1 N–H and O–H groups in total. The molecule has 6 nitrogen and oxygen atoms in total. The van der Waals surface area contributed by atoms with Crippen LogP contribution in [0.5, 0.6) is 0 Å². The van der Waals surface area contributed by atoms with Crippen molar-refractivity contribution in [2.45, 2.75) is 36.8 Å². The zero-order valence-corrected chi connectivity index (χ0v) is 20.0. The van der Waals surface area contributed by atoms with Gasteiger partial charge < -0.3 is 9.84 Å². The molecule has 4 rings (SSSR count). The number of amides is 1. The quantitative estimate of drug-likeness (QED) is 0.294. The van der Waals surface area contributed by atoms with Gasteiger partial charge >= 0.3 is 0 Å². The van der Waals surface area contributed by atoms with Crippen molar-refractivity contribution in [2.75, 3.05) is 5.32 Å². The predicted molar refractivity (Wildman–Crippen MR) is 129 cm³/mol. The summed E-state index contributed by atoms with van der Waals surface area (Å²) in [4.78, 5) is 21.3. The van der Waals surface area contributed by atoms with Crippen molar-refractivity contribution in [2.24, 2.45) is 0 Å². The maximum atomic E-state index is 12.3. The normalized spacial score (nSPS) is 11.0. The van der Waals surface area contributed by atoms with Crippen LogP contribution in [0.25, 0.3) is 11.3 Å². The van der Waals surface area contributed by atoms with Crippen molar-refractivity contribution in [1.82, 2.24) is 15.1 Å². The number of hydrogen-bond donors (Lipinski definition) is 1. The monoisotopic (exact) mass is 484 g/mol. The molecule has 0 aliphatic rings. The first-order chi connectivity index (χ1) is 15.5. The number of nitrogens with one attached hydrogen (secondary N) is 1. The standard InChI is InChI=1S/C23H21ClN4O2S2/c1-14-6-7-18(15(2)10-14)25-21(29)8-9-22-27-20(28-30-22)13-32-23-26-19(12-31-23)16-4-3-5-17(24)11-16/h3-7,10-12H,8-9,13H2,1-2H3,(H,25,29). The van der Waals surface area contributed by atoms with E-state index in [1.165, 1.54) is 0 Å². The van der Waals surface area contributed by atoms with Crippen LogP contribution < -0.4 is 5.32 Å². The second-order valence-corrected chi connectivity index (χ2v) is 9.79. The lowest BCUT2D eigenvalue weighted by Gasteiger charge is -2.08. The molecule has 1 amide bonds. The first-order valence-electron chi connectivity index (χ1n) is 9.99. The zero-order valence-electron chi connectivity index (χ0n) is 17.6. The second kappa shape index (κ2) is 10.3. The van der Waals surface area contributed by atoms with E-state index in [1.807, 2.05) is 61.7 Å². The molecular weight excluding hydrogens is 464 g/mol. The molecule has 2 heterocycles. The van der Waals surface area contributed by atoms with Crippen molar-refractivity contribution >= 4 is 46.3 Å². The van der Waals surface area contributed by atoms with Crippen LogP contribution in [-0.2, 0) is 17.0 Å². The molecule has 0 atom stereocenters. The highest BCUT2D eigenvalue weighted by Gasteiger charge is 2.12. The molecule has 0 fully saturated rings. The number of hydrogen-bond acceptors (Lipinski definition) is 7. The lowest BCUT2D eigenvalue weighted by molar-refractivity contribution is -0.116. The van der Waals surface area contributed by atoms with Gasteiger partial charge in [0.25, 0.3) is 0 Å². The van der Waals surface area contributed by atoms with Crippen LogP contribution in [0.2, 0.25) is 5.02 Å². The molecule has 0 saturated heterocycles. The minimum atomic E-state index is -0.0811. The van der Waals surface area contributed by atoms with Crippen LogP contribution >= 0.6 is 34.7 Å². The number of nitrogens with zero attached hydrogens (tertiary/aromatic N) is 3. The highest BCUT2D eigenvalue weighted by atomic mass is 35.5. The average Bonchev–Trinajstić information content (AvgIpc) is 3.42. The van der Waals surface area contributed by atoms with E-state index in [0.29, 0.717) is 28.9 Å². The first-order valence-corrected chi connectivity index (χ1v) is 12.2. The van der Waals surface area contributed by atoms with E-state index in [0.717, 1.165) is 32.4 Å². The molecular formula is C23H21ClN4O2S2. The fraction of sp³-hybridized carbons (Fsp3) is 0.217. The lowest BCUT2D eigenvalue weighted by Crippen LogP contribution is -2.13. The maximum Gasteiger partial charge on any atom is 0.227 e. The van der Waals surface area contributed by atoms with Gasteiger partial charge in [0.15, 0.2) is 10.2 Å². The number of benzene rings is 2. The topological polar surface area (TPSA) is 80.9 Å². The Balaban J connectivity index is 1.26. The summed E-state index contributed by atoms with van der Waals surface area (Å²) in [5, 5.41) is 9.64. The molecule has 2 aromatic carbocycles. The molecule has 0 saturated carbocycles. The Morgan fingerprint density at radius 1 is 1.19 bits per heavy atom. The Hall–Kier alpha value is -2.68. The highest BCUT2D eigenvalue weighted by Crippen LogP contribution is 2.30. The van der Waals surface area contributed by atoms with Gasteiger partial charge in [0.2, 0.25) is 11.8 Å². The molecule has 0 spiro atoms. The van der Waals surface area contributed by atoms with Crippen LogP contribution in [0.15, 0.2) is 56.7 Å². The Labute approximate surface area is 199 Å². The Morgan fingerprint density at radius 2 is 2.06 bits per heavy atom. The minimum Gasteiger partial charge on any atom is -0.339 e. The molecule has 0 unspecified atom stereocenters. The van der Waals surface area contributed by atoms with Crippen LogP contribution in [0.4, 0.5) is 5.69 Å². The van der Waals surface area contributed by atoms with E-state index in [1.54, 1.807) is 23.1 Å². The number of carbonyl (C=O) groups excluding carboxylic acids is 1. The average molecular weight is 485 g/mol. The molecule has 0 radical (unpaired) electrons. The van der Waals surface area contributed by atoms with Gasteiger partial charge in [-0.05, 0) is 37.6 Å². The molecule has 9 heteroatoms. The minimum absolute atomic E-state index is 0.0811. The number of thioether (sulfide) groups is 1. The molecule has 0 aliphatic carbocycles. The second-order valence-electron chi connectivity index (χ2n) is 7.27. The van der Waals surface area contributed by atoms with Gasteiger partial charge in [-0.1, -0.05) is 58.3 Å². The van der Waals surface area contributed by atoms with Gasteiger partial charge in [0, 0.05) is 34.5 Å². The summed E-state index contributed by atoms with van der Waals surface area (Å²) in [7, 11) is 0. The third-order valence-corrected chi connectivity index (χ3v) is 6.91. The van der Waals surface area contributed by atoms with Crippen molar-refractivity contribution < 1.29 is 9.32 Å². The summed E-state index contributed by atoms with van der Waals surface area (Å²) in [6.45, 7) is 4.00. The summed E-state index contributed by atoms with van der Waals surface area (Å²) in [5.41, 5.74) is 4.90. The smallest absolute Gasteiger partial charge is 0.227 e. The number of aromatic nitrogens is 3. The van der Waals surface area contributed by atoms with Gasteiger partial charge in [-0.2, -0.15) is 4.98 Å². The SMILES string of the molecule is Cc1ccc(NC(=O)CCc2nc(CSc3nc(-c4cccc(Cl)c4)cs3)no2)c(C)c1. The van der Waals surface area contributed by atoms with Crippen molar-refractivity contribution in [1.29, 1.82) is 0 Å². The van der Waals surface area contributed by atoms with Crippen LogP contribution in [0.3, 0.4) is 0 Å². The summed E-state index contributed by atoms with van der Waals surface area (Å²) in [6.07, 6.45) is 0.669. The van der Waals surface area contributed by atoms with Crippen LogP contribution in [0, 0.1) is 13.8 Å². The lowest BCUT2D eigenvalue weighted by atomic mass is 10.1. The van der Waals surface area contributed by atoms with Crippen molar-refractivity contribution in [3.05, 3.63) is 75.7 Å². The van der Waals surface area contributed by atoms with Crippen LogP contribution in [-0.4, -0.2) is 21.0 Å². The first kappa shape index (κ1) is 22.5. The number of anilines is 1. The number of thiazole rings is 1. The number of carbonyl (C=O) groups is 1. The van der Waals surface area contributed by atoms with Crippen molar-refractivity contribution in [3.8, 4) is 11.3 Å². The number of halogens is 1. The van der Waals surface area contributed by atoms with E-state index < -0.39 is 0 Å². The molecule has 164 valence electrons. The molecule has 4 aromatic rings. The zero-order chi connectivity index (χ0) is 22.5. The fourth-order valence-electron chi connectivity index (χ4n) is 3.07. The van der Waals surface area contributed by atoms with Gasteiger partial charge in [-0.25, -0.2) is 4.98 Å². The Morgan fingerprint density at radius 3 is 2.88 bits per heavy atom. The maximum absolute atomic E-state index is 12.3. The third kappa shape index (κ3) is 5.97. The summed E-state index contributed by atoms with van der Waals surface area (Å²) >= 11 is 9.17. The Bertz CT molecular complexity index is 1240. The summed E-state index contributed by atoms with van der Waals surface area (Å²) < 4.78 is 6.21. The largest absolute Gasteiger partial charge is 0.339 e. The molecule has 0 bridgehead atoms. The van der Waals surface area contributed by atoms with Gasteiger partial charge in [-0.15, -0.1) is 11.3 Å².